The zero-order valence-electron chi connectivity index (χ0n) is 23.5. The summed E-state index contributed by atoms with van der Waals surface area (Å²) < 4.78 is 53.4. The summed E-state index contributed by atoms with van der Waals surface area (Å²) in [5.41, 5.74) is 5.26. The lowest BCUT2D eigenvalue weighted by Gasteiger charge is -2.12. The standard InChI is InChI=1S/C32H30F3N5OS/c1-4-5-14-30-36-25-17-23(32(33,34)35)15-16-27(25)40(30)19-22-18-39(26-11-7-6-10-24(22)26)28-12-8-9-13-29(28)42-38-31-20(2)21(3)37-41-31/h6-13,15-18,38H,4-5,14,19H2,1-3H3. The van der Waals surface area contributed by atoms with Crippen molar-refractivity contribution in [2.45, 2.75) is 57.7 Å². The molecule has 0 aliphatic heterocycles. The lowest BCUT2D eigenvalue weighted by Crippen LogP contribution is -2.06. The third kappa shape index (κ3) is 5.27. The summed E-state index contributed by atoms with van der Waals surface area (Å²) in [4.78, 5) is 5.67. The number of imidazole rings is 1. The molecule has 6 aromatic rings. The number of halogens is 3. The van der Waals surface area contributed by atoms with Crippen LogP contribution in [0.1, 0.15) is 48.0 Å². The van der Waals surface area contributed by atoms with Gasteiger partial charge in [0.2, 0.25) is 5.88 Å². The fourth-order valence-electron chi connectivity index (χ4n) is 5.16. The maximum Gasteiger partial charge on any atom is 0.416 e. The van der Waals surface area contributed by atoms with Gasteiger partial charge in [-0.25, -0.2) is 4.98 Å². The summed E-state index contributed by atoms with van der Waals surface area (Å²) in [6, 6.07) is 20.1. The summed E-state index contributed by atoms with van der Waals surface area (Å²) in [5.74, 6) is 1.41. The van der Waals surface area contributed by atoms with E-state index in [1.54, 1.807) is 6.07 Å². The van der Waals surface area contributed by atoms with E-state index in [2.05, 4.69) is 55.3 Å². The van der Waals surface area contributed by atoms with Crippen LogP contribution in [0, 0.1) is 13.8 Å². The van der Waals surface area contributed by atoms with Crippen molar-refractivity contribution in [2.24, 2.45) is 0 Å². The molecule has 0 atom stereocenters. The highest BCUT2D eigenvalue weighted by atomic mass is 32.2. The van der Waals surface area contributed by atoms with Crippen LogP contribution < -0.4 is 4.72 Å². The second-order valence-corrected chi connectivity index (χ2v) is 11.2. The SMILES string of the molecule is CCCCc1nc2cc(C(F)(F)F)ccc2n1Cc1cn(-c2ccccc2SNc2onc(C)c2C)c2ccccc12. The maximum absolute atomic E-state index is 13.5. The molecule has 6 nitrogen and oxygen atoms in total. The number of nitrogens with zero attached hydrogens (tertiary/aromatic N) is 4. The highest BCUT2D eigenvalue weighted by molar-refractivity contribution is 8.00. The van der Waals surface area contributed by atoms with E-state index in [1.807, 2.05) is 44.2 Å². The molecule has 0 unspecified atom stereocenters. The first kappa shape index (κ1) is 28.0. The third-order valence-electron chi connectivity index (χ3n) is 7.57. The van der Waals surface area contributed by atoms with Crippen LogP contribution in [0.25, 0.3) is 27.6 Å². The summed E-state index contributed by atoms with van der Waals surface area (Å²) in [6.07, 6.45) is 0.259. The summed E-state index contributed by atoms with van der Waals surface area (Å²) in [6.45, 7) is 6.45. The van der Waals surface area contributed by atoms with Gasteiger partial charge in [0.25, 0.3) is 0 Å². The molecule has 0 saturated carbocycles. The third-order valence-corrected chi connectivity index (χ3v) is 8.42. The van der Waals surface area contributed by atoms with Gasteiger partial charge in [-0.2, -0.15) is 13.2 Å². The average Bonchev–Trinajstić information content (AvgIpc) is 3.63. The van der Waals surface area contributed by atoms with Crippen LogP contribution in [-0.4, -0.2) is 19.3 Å². The molecule has 0 fully saturated rings. The molecular weight excluding hydrogens is 559 g/mol. The zero-order chi connectivity index (χ0) is 29.4. The number of aryl methyl sites for hydroxylation is 2. The molecule has 3 aromatic carbocycles. The van der Waals surface area contributed by atoms with Crippen molar-refractivity contribution < 1.29 is 17.7 Å². The van der Waals surface area contributed by atoms with Crippen molar-refractivity contribution in [3.8, 4) is 5.69 Å². The van der Waals surface area contributed by atoms with Crippen LogP contribution in [0.2, 0.25) is 0 Å². The molecular formula is C32H30F3N5OS. The Balaban J connectivity index is 1.41. The van der Waals surface area contributed by atoms with Crippen LogP contribution in [0.15, 0.2) is 82.3 Å². The van der Waals surface area contributed by atoms with Gasteiger partial charge >= 0.3 is 6.18 Å². The first-order chi connectivity index (χ1) is 20.2. The van der Waals surface area contributed by atoms with Gasteiger partial charge in [0.1, 0.15) is 5.82 Å². The molecule has 6 rings (SSSR count). The molecule has 10 heteroatoms. The fourth-order valence-corrected chi connectivity index (χ4v) is 5.97. The predicted octanol–water partition coefficient (Wildman–Crippen LogP) is 9.11. The van der Waals surface area contributed by atoms with E-state index in [0.29, 0.717) is 29.9 Å². The normalized spacial score (nSPS) is 12.0. The maximum atomic E-state index is 13.5. The Morgan fingerprint density at radius 3 is 2.52 bits per heavy atom. The monoisotopic (exact) mass is 589 g/mol. The van der Waals surface area contributed by atoms with Gasteiger partial charge < -0.3 is 13.7 Å². The van der Waals surface area contributed by atoms with E-state index in [4.69, 9.17) is 4.52 Å². The Hall–Kier alpha value is -4.18. The molecule has 0 spiro atoms. The topological polar surface area (TPSA) is 60.8 Å². The smallest absolute Gasteiger partial charge is 0.337 e. The molecule has 3 heterocycles. The zero-order valence-corrected chi connectivity index (χ0v) is 24.3. The van der Waals surface area contributed by atoms with Crippen molar-refractivity contribution in [3.05, 3.63) is 101 Å². The number of nitrogens with one attached hydrogen (secondary N) is 1. The summed E-state index contributed by atoms with van der Waals surface area (Å²) in [7, 11) is 0. The summed E-state index contributed by atoms with van der Waals surface area (Å²) in [5, 5.41) is 5.10. The Labute approximate surface area is 245 Å². The van der Waals surface area contributed by atoms with E-state index < -0.39 is 11.7 Å². The predicted molar refractivity (Wildman–Crippen MR) is 161 cm³/mol. The van der Waals surface area contributed by atoms with Gasteiger partial charge in [-0.15, -0.1) is 0 Å². The summed E-state index contributed by atoms with van der Waals surface area (Å²) >= 11 is 1.45. The molecule has 0 radical (unpaired) electrons. The second-order valence-electron chi connectivity index (χ2n) is 10.4. The van der Waals surface area contributed by atoms with Crippen molar-refractivity contribution in [2.75, 3.05) is 4.72 Å². The number of para-hydroxylation sites is 2. The largest absolute Gasteiger partial charge is 0.416 e. The Morgan fingerprint density at radius 2 is 1.76 bits per heavy atom. The number of hydrogen-bond donors (Lipinski definition) is 1. The number of hydrogen-bond acceptors (Lipinski definition) is 5. The Morgan fingerprint density at radius 1 is 0.976 bits per heavy atom. The number of rotatable bonds is 9. The van der Waals surface area contributed by atoms with Gasteiger partial charge in [-0.3, -0.25) is 4.72 Å². The van der Waals surface area contributed by atoms with Crippen LogP contribution >= 0.6 is 11.9 Å². The number of aromatic nitrogens is 4. The lowest BCUT2D eigenvalue weighted by atomic mass is 10.1. The molecule has 0 aliphatic rings. The quantitative estimate of drug-likeness (QED) is 0.171. The van der Waals surface area contributed by atoms with Crippen LogP contribution in [0.5, 0.6) is 0 Å². The molecule has 0 aliphatic carbocycles. The minimum Gasteiger partial charge on any atom is -0.337 e. The number of fused-ring (bicyclic) bond motifs is 2. The molecule has 0 amide bonds. The first-order valence-corrected chi connectivity index (χ1v) is 14.7. The van der Waals surface area contributed by atoms with E-state index in [0.717, 1.165) is 69.1 Å². The highest BCUT2D eigenvalue weighted by Crippen LogP contribution is 2.35. The van der Waals surface area contributed by atoms with Crippen molar-refractivity contribution in [3.63, 3.8) is 0 Å². The molecule has 0 saturated heterocycles. The van der Waals surface area contributed by atoms with Crippen LogP contribution in [0.3, 0.4) is 0 Å². The van der Waals surface area contributed by atoms with Crippen molar-refractivity contribution >= 4 is 39.8 Å². The minimum absolute atomic E-state index is 0.366. The molecule has 1 N–H and O–H groups in total. The van der Waals surface area contributed by atoms with E-state index in [1.165, 1.54) is 11.9 Å². The van der Waals surface area contributed by atoms with Crippen LogP contribution in [0.4, 0.5) is 19.1 Å². The molecule has 0 bridgehead atoms. The van der Waals surface area contributed by atoms with Gasteiger partial charge in [0, 0.05) is 23.6 Å². The fraction of sp³-hybridized carbons (Fsp3) is 0.250. The highest BCUT2D eigenvalue weighted by Gasteiger charge is 2.31. The van der Waals surface area contributed by atoms with Crippen LogP contribution in [-0.2, 0) is 19.1 Å². The minimum atomic E-state index is -4.42. The molecule has 3 aromatic heterocycles. The van der Waals surface area contributed by atoms with E-state index in [-0.39, 0.29) is 0 Å². The number of unbranched alkanes of at least 4 members (excludes halogenated alkanes) is 1. The van der Waals surface area contributed by atoms with E-state index in [9.17, 15) is 13.2 Å². The Bertz CT molecular complexity index is 1880. The number of anilines is 1. The van der Waals surface area contributed by atoms with Gasteiger partial charge in [-0.05, 0) is 74.2 Å². The number of benzene rings is 3. The van der Waals surface area contributed by atoms with E-state index >= 15 is 0 Å². The van der Waals surface area contributed by atoms with Gasteiger partial charge in [0.05, 0.1) is 44.9 Å². The van der Waals surface area contributed by atoms with Gasteiger partial charge in [0.15, 0.2) is 0 Å². The second kappa shape index (κ2) is 11.2. The lowest BCUT2D eigenvalue weighted by molar-refractivity contribution is -0.137. The van der Waals surface area contributed by atoms with Crippen molar-refractivity contribution in [1.82, 2.24) is 19.3 Å². The molecule has 42 heavy (non-hydrogen) atoms. The van der Waals surface area contributed by atoms with Crippen molar-refractivity contribution in [1.29, 1.82) is 0 Å². The molecule has 216 valence electrons. The number of alkyl halides is 3. The van der Waals surface area contributed by atoms with Gasteiger partial charge in [-0.1, -0.05) is 48.8 Å². The Kier molecular flexibility index (Phi) is 7.49. The first-order valence-electron chi connectivity index (χ1n) is 13.8. The average molecular weight is 590 g/mol.